The number of piperazine rings is 1. The topological polar surface area (TPSA) is 94.2 Å². The third-order valence-corrected chi connectivity index (χ3v) is 7.59. The van der Waals surface area contributed by atoms with Crippen molar-refractivity contribution in [3.63, 3.8) is 0 Å². The number of hydrogen-bond acceptors (Lipinski definition) is 5. The standard InChI is InChI=1S/C17H24N6O2S/c24-26(25,21-8-3-13-1-2-13)23-10-9-22(11-17(23)5-6-17)16-14-4-7-18-15(14)19-12-20-16/h4,7,12-13,21H,1-3,5-6,8-11H2,(H,18,19,20). The van der Waals surface area contributed by atoms with Crippen molar-refractivity contribution in [1.29, 1.82) is 0 Å². The number of rotatable bonds is 6. The molecule has 2 aromatic rings. The zero-order chi connectivity index (χ0) is 17.8. The largest absolute Gasteiger partial charge is 0.353 e. The summed E-state index contributed by atoms with van der Waals surface area (Å²) < 4.78 is 30.2. The molecule has 3 heterocycles. The normalized spacial score (nSPS) is 23.0. The molecular weight excluding hydrogens is 352 g/mol. The van der Waals surface area contributed by atoms with Gasteiger partial charge < -0.3 is 9.88 Å². The van der Waals surface area contributed by atoms with Crippen molar-refractivity contribution in [1.82, 2.24) is 24.0 Å². The van der Waals surface area contributed by atoms with Crippen molar-refractivity contribution in [2.24, 2.45) is 5.92 Å². The van der Waals surface area contributed by atoms with E-state index in [1.807, 2.05) is 12.3 Å². The number of nitrogens with one attached hydrogen (secondary N) is 2. The molecule has 0 unspecified atom stereocenters. The zero-order valence-electron chi connectivity index (χ0n) is 14.7. The molecule has 1 saturated heterocycles. The molecule has 0 aromatic carbocycles. The van der Waals surface area contributed by atoms with Gasteiger partial charge in [0.25, 0.3) is 10.2 Å². The molecular formula is C17H24N6O2S. The Labute approximate surface area is 153 Å². The molecule has 1 spiro atoms. The molecule has 26 heavy (non-hydrogen) atoms. The van der Waals surface area contributed by atoms with Crippen molar-refractivity contribution in [3.05, 3.63) is 18.6 Å². The fourth-order valence-corrected chi connectivity index (χ4v) is 5.66. The first-order valence-corrected chi connectivity index (χ1v) is 10.8. The van der Waals surface area contributed by atoms with E-state index in [-0.39, 0.29) is 5.54 Å². The SMILES string of the molecule is O=S(=O)(NCCC1CC1)N1CCN(c2ncnc3[nH]ccc23)CC12CC2. The number of aromatic nitrogens is 3. The van der Waals surface area contributed by atoms with Crippen LogP contribution in [0.1, 0.15) is 32.1 Å². The van der Waals surface area contributed by atoms with Gasteiger partial charge in [0.05, 0.1) is 10.9 Å². The van der Waals surface area contributed by atoms with Crippen LogP contribution in [0.15, 0.2) is 18.6 Å². The minimum Gasteiger partial charge on any atom is -0.353 e. The lowest BCUT2D eigenvalue weighted by molar-refractivity contribution is 0.267. The Morgan fingerprint density at radius 1 is 1.27 bits per heavy atom. The minimum absolute atomic E-state index is 0.281. The molecule has 1 aliphatic heterocycles. The summed E-state index contributed by atoms with van der Waals surface area (Å²) in [5.74, 6) is 1.62. The number of hydrogen-bond donors (Lipinski definition) is 2. The van der Waals surface area contributed by atoms with Crippen LogP contribution in [0.2, 0.25) is 0 Å². The summed E-state index contributed by atoms with van der Waals surface area (Å²) in [5, 5.41) is 0.988. The van der Waals surface area contributed by atoms with Crippen LogP contribution in [0.3, 0.4) is 0 Å². The Kier molecular flexibility index (Phi) is 3.74. The second kappa shape index (κ2) is 5.90. The predicted octanol–water partition coefficient (Wildman–Crippen LogP) is 1.25. The summed E-state index contributed by atoms with van der Waals surface area (Å²) in [6, 6.07) is 1.98. The van der Waals surface area contributed by atoms with Gasteiger partial charge in [0, 0.05) is 32.4 Å². The third-order valence-electron chi connectivity index (χ3n) is 5.87. The smallest absolute Gasteiger partial charge is 0.280 e. The van der Waals surface area contributed by atoms with Gasteiger partial charge in [0.1, 0.15) is 17.8 Å². The summed E-state index contributed by atoms with van der Waals surface area (Å²) in [6.07, 6.45) is 8.70. The van der Waals surface area contributed by atoms with E-state index in [9.17, 15) is 8.42 Å². The molecule has 2 N–H and O–H groups in total. The predicted molar refractivity (Wildman–Crippen MR) is 99.0 cm³/mol. The van der Waals surface area contributed by atoms with Crippen LogP contribution in [0.4, 0.5) is 5.82 Å². The molecule has 3 fully saturated rings. The molecule has 140 valence electrons. The van der Waals surface area contributed by atoms with Crippen molar-refractivity contribution < 1.29 is 8.42 Å². The lowest BCUT2D eigenvalue weighted by Gasteiger charge is -2.41. The van der Waals surface area contributed by atoms with Crippen molar-refractivity contribution in [3.8, 4) is 0 Å². The van der Waals surface area contributed by atoms with Gasteiger partial charge in [-0.3, -0.25) is 0 Å². The van der Waals surface area contributed by atoms with Gasteiger partial charge in [-0.15, -0.1) is 0 Å². The van der Waals surface area contributed by atoms with E-state index in [2.05, 4.69) is 24.6 Å². The van der Waals surface area contributed by atoms with Gasteiger partial charge in [0.15, 0.2) is 0 Å². The van der Waals surface area contributed by atoms with E-state index in [0.717, 1.165) is 42.0 Å². The van der Waals surface area contributed by atoms with E-state index < -0.39 is 10.2 Å². The van der Waals surface area contributed by atoms with Crippen molar-refractivity contribution in [2.75, 3.05) is 31.1 Å². The fourth-order valence-electron chi connectivity index (χ4n) is 4.06. The van der Waals surface area contributed by atoms with E-state index in [1.54, 1.807) is 10.6 Å². The number of aromatic amines is 1. The Balaban J connectivity index is 1.33. The van der Waals surface area contributed by atoms with Gasteiger partial charge in [-0.2, -0.15) is 12.7 Å². The highest BCUT2D eigenvalue weighted by Crippen LogP contribution is 2.46. The van der Waals surface area contributed by atoms with Crippen LogP contribution in [-0.4, -0.2) is 59.4 Å². The van der Waals surface area contributed by atoms with Gasteiger partial charge >= 0.3 is 0 Å². The number of nitrogens with zero attached hydrogens (tertiary/aromatic N) is 4. The van der Waals surface area contributed by atoms with Gasteiger partial charge in [-0.25, -0.2) is 14.7 Å². The van der Waals surface area contributed by atoms with E-state index in [0.29, 0.717) is 26.2 Å². The molecule has 2 saturated carbocycles. The average molecular weight is 376 g/mol. The maximum absolute atomic E-state index is 12.8. The van der Waals surface area contributed by atoms with Crippen LogP contribution < -0.4 is 9.62 Å². The van der Waals surface area contributed by atoms with Crippen LogP contribution in [0, 0.1) is 5.92 Å². The van der Waals surface area contributed by atoms with Gasteiger partial charge in [-0.1, -0.05) is 12.8 Å². The Morgan fingerprint density at radius 3 is 2.88 bits per heavy atom. The first-order valence-electron chi connectivity index (χ1n) is 9.38. The van der Waals surface area contributed by atoms with E-state index in [1.165, 1.54) is 12.8 Å². The van der Waals surface area contributed by atoms with E-state index in [4.69, 9.17) is 0 Å². The Morgan fingerprint density at radius 2 is 2.12 bits per heavy atom. The molecule has 8 nitrogen and oxygen atoms in total. The summed E-state index contributed by atoms with van der Waals surface area (Å²) in [6.45, 7) is 2.38. The molecule has 9 heteroatoms. The highest BCUT2D eigenvalue weighted by Gasteiger charge is 2.56. The van der Waals surface area contributed by atoms with Gasteiger partial charge in [0.2, 0.25) is 0 Å². The molecule has 0 amide bonds. The lowest BCUT2D eigenvalue weighted by Crippen LogP contribution is -2.59. The van der Waals surface area contributed by atoms with Crippen LogP contribution >= 0.6 is 0 Å². The molecule has 0 radical (unpaired) electrons. The second-order valence-corrected chi connectivity index (χ2v) is 9.47. The molecule has 5 rings (SSSR count). The zero-order valence-corrected chi connectivity index (χ0v) is 15.5. The molecule has 3 aliphatic rings. The van der Waals surface area contributed by atoms with Crippen LogP contribution in [0.25, 0.3) is 11.0 Å². The minimum atomic E-state index is -3.42. The molecule has 0 atom stereocenters. The van der Waals surface area contributed by atoms with Gasteiger partial charge in [-0.05, 0) is 31.2 Å². The Bertz CT molecular complexity index is 918. The summed E-state index contributed by atoms with van der Waals surface area (Å²) in [7, 11) is -3.42. The number of H-pyrrole nitrogens is 1. The number of anilines is 1. The second-order valence-electron chi connectivity index (χ2n) is 7.79. The monoisotopic (exact) mass is 376 g/mol. The summed E-state index contributed by atoms with van der Waals surface area (Å²) in [4.78, 5) is 14.0. The first-order chi connectivity index (χ1) is 12.6. The first kappa shape index (κ1) is 16.5. The highest BCUT2D eigenvalue weighted by molar-refractivity contribution is 7.87. The highest BCUT2D eigenvalue weighted by atomic mass is 32.2. The lowest BCUT2D eigenvalue weighted by atomic mass is 10.2. The van der Waals surface area contributed by atoms with Crippen molar-refractivity contribution in [2.45, 2.75) is 37.6 Å². The maximum Gasteiger partial charge on any atom is 0.280 e. The van der Waals surface area contributed by atoms with E-state index >= 15 is 0 Å². The van der Waals surface area contributed by atoms with Crippen LogP contribution in [0.5, 0.6) is 0 Å². The summed E-state index contributed by atoms with van der Waals surface area (Å²) in [5.41, 5.74) is 0.536. The maximum atomic E-state index is 12.8. The molecule has 2 aliphatic carbocycles. The third kappa shape index (κ3) is 2.87. The Hall–Kier alpha value is -1.71. The molecule has 2 aromatic heterocycles. The fraction of sp³-hybridized carbons (Fsp3) is 0.647. The number of fused-ring (bicyclic) bond motifs is 1. The summed E-state index contributed by atoms with van der Waals surface area (Å²) >= 11 is 0. The molecule has 0 bridgehead atoms. The quantitative estimate of drug-likeness (QED) is 0.791. The van der Waals surface area contributed by atoms with Crippen LogP contribution in [-0.2, 0) is 10.2 Å². The average Bonchev–Trinajstić information content (AvgIpc) is 3.54. The van der Waals surface area contributed by atoms with Crippen molar-refractivity contribution >= 4 is 27.1 Å².